The van der Waals surface area contributed by atoms with Gasteiger partial charge in [-0.3, -0.25) is 4.79 Å². The predicted molar refractivity (Wildman–Crippen MR) is 111 cm³/mol. The van der Waals surface area contributed by atoms with E-state index in [0.29, 0.717) is 11.7 Å². The highest BCUT2D eigenvalue weighted by atomic mass is 19.4. The summed E-state index contributed by atoms with van der Waals surface area (Å²) in [5.41, 5.74) is -0.0469. The Morgan fingerprint density at radius 2 is 1.77 bits per heavy atom. The molecule has 1 saturated carbocycles. The maximum Gasteiger partial charge on any atom is 0.416 e. The maximum absolute atomic E-state index is 13.3. The summed E-state index contributed by atoms with van der Waals surface area (Å²) in [6.45, 7) is 2.08. The van der Waals surface area contributed by atoms with Crippen LogP contribution in [0.3, 0.4) is 0 Å². The average molecular weight is 417 g/mol. The maximum atomic E-state index is 13.3. The van der Waals surface area contributed by atoms with Crippen LogP contribution in [0.25, 0.3) is 0 Å². The summed E-state index contributed by atoms with van der Waals surface area (Å²) in [6, 6.07) is 14.4. The number of amides is 1. The molecule has 2 aromatic carbocycles. The SMILES string of the molecule is CN1CCC(N[C@H]2C[C@H]2N(C(=O)c2cccc(C(F)(F)F)c2)c2ccccc2)CC1. The zero-order valence-corrected chi connectivity index (χ0v) is 16.9. The largest absolute Gasteiger partial charge is 0.416 e. The Morgan fingerprint density at radius 1 is 1.07 bits per heavy atom. The number of benzene rings is 2. The highest BCUT2D eigenvalue weighted by molar-refractivity contribution is 6.07. The number of hydrogen-bond acceptors (Lipinski definition) is 3. The molecule has 7 heteroatoms. The van der Waals surface area contributed by atoms with Crippen LogP contribution in [0.1, 0.15) is 35.2 Å². The first-order valence-corrected chi connectivity index (χ1v) is 10.3. The molecule has 30 heavy (non-hydrogen) atoms. The average Bonchev–Trinajstić information content (AvgIpc) is 3.48. The number of para-hydroxylation sites is 1. The monoisotopic (exact) mass is 417 g/mol. The molecule has 2 aromatic rings. The third-order valence-electron chi connectivity index (χ3n) is 5.95. The van der Waals surface area contributed by atoms with Crippen LogP contribution in [0.5, 0.6) is 0 Å². The molecular formula is C23H26F3N3O. The molecule has 0 bridgehead atoms. The van der Waals surface area contributed by atoms with Gasteiger partial charge in [0.15, 0.2) is 0 Å². The van der Waals surface area contributed by atoms with E-state index < -0.39 is 17.6 Å². The van der Waals surface area contributed by atoms with Crippen LogP contribution >= 0.6 is 0 Å². The van der Waals surface area contributed by atoms with Gasteiger partial charge in [0.05, 0.1) is 11.6 Å². The van der Waals surface area contributed by atoms with Crippen molar-refractivity contribution in [2.24, 2.45) is 0 Å². The smallest absolute Gasteiger partial charge is 0.309 e. The molecule has 0 radical (unpaired) electrons. The Balaban J connectivity index is 1.54. The first kappa shape index (κ1) is 20.9. The second-order valence-electron chi connectivity index (χ2n) is 8.24. The first-order chi connectivity index (χ1) is 14.3. The number of nitrogens with zero attached hydrogens (tertiary/aromatic N) is 2. The molecule has 1 saturated heterocycles. The van der Waals surface area contributed by atoms with Gasteiger partial charge in [-0.1, -0.05) is 24.3 Å². The summed E-state index contributed by atoms with van der Waals surface area (Å²) in [5.74, 6) is -0.398. The van der Waals surface area contributed by atoms with E-state index >= 15 is 0 Å². The lowest BCUT2D eigenvalue weighted by molar-refractivity contribution is -0.137. The molecule has 2 fully saturated rings. The van der Waals surface area contributed by atoms with Crippen LogP contribution in [-0.4, -0.2) is 49.1 Å². The van der Waals surface area contributed by atoms with Crippen molar-refractivity contribution in [3.05, 3.63) is 65.7 Å². The van der Waals surface area contributed by atoms with Gasteiger partial charge in [-0.15, -0.1) is 0 Å². The third kappa shape index (κ3) is 4.68. The fraction of sp³-hybridized carbons (Fsp3) is 0.435. The van der Waals surface area contributed by atoms with Crippen LogP contribution in [0.2, 0.25) is 0 Å². The Kier molecular flexibility index (Phi) is 5.84. The number of halogens is 3. The summed E-state index contributed by atoms with van der Waals surface area (Å²) in [6.07, 6.45) is -1.56. The molecule has 1 aliphatic heterocycles. The first-order valence-electron chi connectivity index (χ1n) is 10.3. The van der Waals surface area contributed by atoms with Gasteiger partial charge in [0.1, 0.15) is 0 Å². The zero-order valence-electron chi connectivity index (χ0n) is 16.9. The molecule has 1 N–H and O–H groups in total. The van der Waals surface area contributed by atoms with Crippen molar-refractivity contribution >= 4 is 11.6 Å². The second kappa shape index (κ2) is 8.40. The van der Waals surface area contributed by atoms with Gasteiger partial charge < -0.3 is 15.1 Å². The van der Waals surface area contributed by atoms with Crippen molar-refractivity contribution in [1.29, 1.82) is 0 Å². The molecule has 4 nitrogen and oxygen atoms in total. The number of carbonyl (C=O) groups is 1. The highest BCUT2D eigenvalue weighted by Gasteiger charge is 2.46. The van der Waals surface area contributed by atoms with E-state index in [1.165, 1.54) is 12.1 Å². The summed E-state index contributed by atoms with van der Waals surface area (Å²) in [7, 11) is 2.11. The Bertz CT molecular complexity index is 879. The van der Waals surface area contributed by atoms with Gasteiger partial charge in [0.25, 0.3) is 5.91 Å². The molecule has 160 valence electrons. The van der Waals surface area contributed by atoms with Crippen molar-refractivity contribution < 1.29 is 18.0 Å². The molecule has 1 aliphatic carbocycles. The number of hydrogen-bond donors (Lipinski definition) is 1. The zero-order chi connectivity index (χ0) is 21.3. The van der Waals surface area contributed by atoms with E-state index in [1.54, 1.807) is 4.90 Å². The molecular weight excluding hydrogens is 391 g/mol. The van der Waals surface area contributed by atoms with Crippen LogP contribution in [0.4, 0.5) is 18.9 Å². The van der Waals surface area contributed by atoms with E-state index in [9.17, 15) is 18.0 Å². The van der Waals surface area contributed by atoms with E-state index in [2.05, 4.69) is 17.3 Å². The number of piperidine rings is 1. The lowest BCUT2D eigenvalue weighted by Gasteiger charge is -2.30. The third-order valence-corrected chi connectivity index (χ3v) is 5.95. The topological polar surface area (TPSA) is 35.6 Å². The Labute approximate surface area is 174 Å². The van der Waals surface area contributed by atoms with Gasteiger partial charge in [-0.2, -0.15) is 13.2 Å². The number of carbonyl (C=O) groups excluding carboxylic acids is 1. The normalized spacial score (nSPS) is 22.7. The molecule has 2 atom stereocenters. The number of likely N-dealkylation sites (tertiary alicyclic amines) is 1. The minimum atomic E-state index is -4.48. The Hall–Kier alpha value is -2.38. The van der Waals surface area contributed by atoms with Gasteiger partial charge in [-0.05, 0) is 69.7 Å². The number of anilines is 1. The van der Waals surface area contributed by atoms with Crippen LogP contribution in [0, 0.1) is 0 Å². The van der Waals surface area contributed by atoms with Crippen molar-refractivity contribution in [2.75, 3.05) is 25.0 Å². The minimum Gasteiger partial charge on any atom is -0.309 e. The van der Waals surface area contributed by atoms with Gasteiger partial charge in [0, 0.05) is 23.3 Å². The predicted octanol–water partition coefficient (Wildman–Crippen LogP) is 4.18. The number of alkyl halides is 3. The lowest BCUT2D eigenvalue weighted by Crippen LogP contribution is -2.44. The number of nitrogens with one attached hydrogen (secondary N) is 1. The summed E-state index contributed by atoms with van der Waals surface area (Å²) in [4.78, 5) is 17.3. The van der Waals surface area contributed by atoms with E-state index in [1.807, 2.05) is 30.3 Å². The van der Waals surface area contributed by atoms with Crippen LogP contribution in [-0.2, 0) is 6.18 Å². The van der Waals surface area contributed by atoms with Crippen molar-refractivity contribution in [1.82, 2.24) is 10.2 Å². The molecule has 2 aliphatic rings. The molecule has 4 rings (SSSR count). The molecule has 0 aromatic heterocycles. The molecule has 1 heterocycles. The summed E-state index contributed by atoms with van der Waals surface area (Å²) < 4.78 is 39.4. The van der Waals surface area contributed by atoms with E-state index in [4.69, 9.17) is 0 Å². The molecule has 0 unspecified atom stereocenters. The van der Waals surface area contributed by atoms with Gasteiger partial charge in [-0.25, -0.2) is 0 Å². The number of rotatable bonds is 5. The van der Waals surface area contributed by atoms with Gasteiger partial charge >= 0.3 is 6.18 Å². The minimum absolute atomic E-state index is 0.0543. The fourth-order valence-corrected chi connectivity index (χ4v) is 4.14. The van der Waals surface area contributed by atoms with Crippen LogP contribution < -0.4 is 10.2 Å². The quantitative estimate of drug-likeness (QED) is 0.793. The Morgan fingerprint density at radius 3 is 2.43 bits per heavy atom. The van der Waals surface area contributed by atoms with Crippen molar-refractivity contribution in [2.45, 2.75) is 43.6 Å². The second-order valence-corrected chi connectivity index (χ2v) is 8.24. The molecule has 1 amide bonds. The standard InChI is InChI=1S/C23H26F3N3O/c1-28-12-10-18(11-13-28)27-20-15-21(20)29(19-8-3-2-4-9-19)22(30)16-6-5-7-17(14-16)23(24,25)26/h2-9,14,18,20-21,27H,10-13,15H2,1H3/t20-,21+/m0/s1. The van der Waals surface area contributed by atoms with Crippen molar-refractivity contribution in [3.8, 4) is 0 Å². The van der Waals surface area contributed by atoms with E-state index in [-0.39, 0.29) is 17.6 Å². The summed E-state index contributed by atoms with van der Waals surface area (Å²) in [5, 5.41) is 3.66. The van der Waals surface area contributed by atoms with E-state index in [0.717, 1.165) is 44.5 Å². The molecule has 0 spiro atoms. The van der Waals surface area contributed by atoms with Crippen molar-refractivity contribution in [3.63, 3.8) is 0 Å². The lowest BCUT2D eigenvalue weighted by atomic mass is 10.1. The fourth-order valence-electron chi connectivity index (χ4n) is 4.14. The summed E-state index contributed by atoms with van der Waals surface area (Å²) >= 11 is 0. The highest BCUT2D eigenvalue weighted by Crippen LogP contribution is 2.36. The van der Waals surface area contributed by atoms with Gasteiger partial charge in [0.2, 0.25) is 0 Å². The van der Waals surface area contributed by atoms with Crippen LogP contribution in [0.15, 0.2) is 54.6 Å².